The van der Waals surface area contributed by atoms with Crippen molar-refractivity contribution in [3.8, 4) is 0 Å². The van der Waals surface area contributed by atoms with Gasteiger partial charge in [-0.2, -0.15) is 0 Å². The molecular weight excluding hydrogens is 446 g/mol. The lowest BCUT2D eigenvalue weighted by Gasteiger charge is -2.28. The molecule has 1 atom stereocenters. The summed E-state index contributed by atoms with van der Waals surface area (Å²) in [5.41, 5.74) is 3.42. The van der Waals surface area contributed by atoms with Gasteiger partial charge in [0.25, 0.3) is 0 Å². The van der Waals surface area contributed by atoms with E-state index in [0.717, 1.165) is 41.3 Å². The summed E-state index contributed by atoms with van der Waals surface area (Å²) in [6.45, 7) is 6.92. The minimum Gasteiger partial charge on any atom is -0.350 e. The normalized spacial score (nSPS) is 15.9. The first-order valence-corrected chi connectivity index (χ1v) is 13.2. The minimum atomic E-state index is -3.69. The molecule has 0 radical (unpaired) electrons. The Labute approximate surface area is 196 Å². The molecule has 0 spiro atoms. The molecule has 1 saturated heterocycles. The maximum atomic E-state index is 12.9. The van der Waals surface area contributed by atoms with Crippen molar-refractivity contribution in [2.45, 2.75) is 52.2 Å². The highest BCUT2D eigenvalue weighted by Crippen LogP contribution is 2.26. The molecule has 0 unspecified atom stereocenters. The van der Waals surface area contributed by atoms with E-state index in [1.54, 1.807) is 25.1 Å². The van der Waals surface area contributed by atoms with E-state index in [1.807, 2.05) is 19.1 Å². The largest absolute Gasteiger partial charge is 0.350 e. The third-order valence-electron chi connectivity index (χ3n) is 5.81. The summed E-state index contributed by atoms with van der Waals surface area (Å²) < 4.78 is 26.1. The topological polar surface area (TPSA) is 69.7 Å². The lowest BCUT2D eigenvalue weighted by molar-refractivity contribution is -0.122. The smallest absolute Gasteiger partial charge is 0.243 e. The van der Waals surface area contributed by atoms with Crippen LogP contribution in [0.4, 0.5) is 5.69 Å². The Morgan fingerprint density at radius 2 is 1.81 bits per heavy atom. The molecule has 1 N–H and O–H groups in total. The molecule has 2 aromatic rings. The zero-order valence-electron chi connectivity index (χ0n) is 19.0. The van der Waals surface area contributed by atoms with E-state index in [1.165, 1.54) is 24.8 Å². The molecule has 174 valence electrons. The molecule has 1 fully saturated rings. The second-order valence-corrected chi connectivity index (χ2v) is 10.8. The van der Waals surface area contributed by atoms with Crippen LogP contribution >= 0.6 is 11.6 Å². The number of hydrogen-bond donors (Lipinski definition) is 1. The van der Waals surface area contributed by atoms with E-state index < -0.39 is 16.1 Å². The van der Waals surface area contributed by atoms with Crippen molar-refractivity contribution in [1.82, 2.24) is 10.2 Å². The number of amides is 1. The fourth-order valence-electron chi connectivity index (χ4n) is 4.08. The van der Waals surface area contributed by atoms with Gasteiger partial charge < -0.3 is 5.32 Å². The molecular formula is C24H32ClN3O3S. The van der Waals surface area contributed by atoms with E-state index in [-0.39, 0.29) is 5.91 Å². The number of carbonyl (C=O) groups is 1. The zero-order valence-corrected chi connectivity index (χ0v) is 20.5. The number of likely N-dealkylation sites (tertiary alicyclic amines) is 1. The van der Waals surface area contributed by atoms with Crippen molar-refractivity contribution in [2.75, 3.05) is 23.7 Å². The Kier molecular flexibility index (Phi) is 8.20. The Morgan fingerprint density at radius 1 is 1.12 bits per heavy atom. The van der Waals surface area contributed by atoms with Gasteiger partial charge in [-0.05, 0) is 68.6 Å². The molecule has 0 bridgehead atoms. The van der Waals surface area contributed by atoms with Gasteiger partial charge in [0, 0.05) is 18.1 Å². The fraction of sp³-hybridized carbons (Fsp3) is 0.458. The summed E-state index contributed by atoms with van der Waals surface area (Å²) in [5.74, 6) is -0.367. The van der Waals surface area contributed by atoms with Crippen LogP contribution in [0, 0.1) is 6.92 Å². The zero-order chi connectivity index (χ0) is 23.3. The molecule has 32 heavy (non-hydrogen) atoms. The summed E-state index contributed by atoms with van der Waals surface area (Å²) in [6.07, 6.45) is 4.89. The van der Waals surface area contributed by atoms with E-state index in [0.29, 0.717) is 17.3 Å². The first-order valence-electron chi connectivity index (χ1n) is 11.0. The molecule has 1 aliphatic rings. The van der Waals surface area contributed by atoms with Gasteiger partial charge in [0.1, 0.15) is 6.04 Å². The van der Waals surface area contributed by atoms with Crippen molar-refractivity contribution in [3.05, 3.63) is 64.2 Å². The number of carbonyl (C=O) groups excluding carboxylic acids is 1. The number of anilines is 1. The highest BCUT2D eigenvalue weighted by molar-refractivity contribution is 7.92. The van der Waals surface area contributed by atoms with Crippen LogP contribution in [0.2, 0.25) is 5.02 Å². The predicted molar refractivity (Wildman–Crippen MR) is 130 cm³/mol. The van der Waals surface area contributed by atoms with Gasteiger partial charge in [-0.1, -0.05) is 48.4 Å². The van der Waals surface area contributed by atoms with Crippen molar-refractivity contribution in [3.63, 3.8) is 0 Å². The second kappa shape index (κ2) is 10.7. The Morgan fingerprint density at radius 3 is 2.47 bits per heavy atom. The van der Waals surface area contributed by atoms with Crippen molar-refractivity contribution < 1.29 is 13.2 Å². The number of halogens is 1. The van der Waals surface area contributed by atoms with Gasteiger partial charge in [0.05, 0.1) is 11.9 Å². The summed E-state index contributed by atoms with van der Waals surface area (Å²) in [5, 5.41) is 3.34. The quantitative estimate of drug-likeness (QED) is 0.621. The summed E-state index contributed by atoms with van der Waals surface area (Å²) in [4.78, 5) is 15.3. The molecule has 1 amide bonds. The highest BCUT2D eigenvalue weighted by Gasteiger charge is 2.29. The average molecular weight is 478 g/mol. The maximum absolute atomic E-state index is 12.9. The first-order chi connectivity index (χ1) is 15.1. The van der Waals surface area contributed by atoms with Crippen LogP contribution in [-0.2, 0) is 27.9 Å². The standard InChI is InChI=1S/C24H32ClN3O3S/c1-18-10-11-22(15-23(18)25)28(32(3,30)31)19(2)24(29)26-16-20-8-7-9-21(14-20)17-27-12-5-4-6-13-27/h7-11,14-15,19H,4-6,12-13,16-17H2,1-3H3,(H,26,29)/t19-/m1/s1. The second-order valence-electron chi connectivity index (χ2n) is 8.54. The van der Waals surface area contributed by atoms with Crippen LogP contribution in [-0.4, -0.2) is 44.6 Å². The molecule has 0 aliphatic carbocycles. The minimum absolute atomic E-state index is 0.337. The van der Waals surface area contributed by atoms with Crippen molar-refractivity contribution in [2.24, 2.45) is 0 Å². The third kappa shape index (κ3) is 6.47. The van der Waals surface area contributed by atoms with E-state index in [9.17, 15) is 13.2 Å². The van der Waals surface area contributed by atoms with Gasteiger partial charge in [0.15, 0.2) is 0 Å². The SMILES string of the molecule is Cc1ccc(N([C@H](C)C(=O)NCc2cccc(CN3CCCCC3)c2)S(C)(=O)=O)cc1Cl. The number of sulfonamides is 1. The molecule has 0 aromatic heterocycles. The molecule has 1 heterocycles. The number of nitrogens with zero attached hydrogens (tertiary/aromatic N) is 2. The number of rotatable bonds is 8. The van der Waals surface area contributed by atoms with Gasteiger partial charge in [-0.25, -0.2) is 8.42 Å². The number of hydrogen-bond acceptors (Lipinski definition) is 4. The van der Waals surface area contributed by atoms with Crippen molar-refractivity contribution in [1.29, 1.82) is 0 Å². The lowest BCUT2D eigenvalue weighted by atomic mass is 10.1. The van der Waals surface area contributed by atoms with Crippen LogP contribution in [0.25, 0.3) is 0 Å². The van der Waals surface area contributed by atoms with Crippen LogP contribution in [0.3, 0.4) is 0 Å². The summed E-state index contributed by atoms with van der Waals surface area (Å²) in [7, 11) is -3.69. The van der Waals surface area contributed by atoms with Gasteiger partial charge in [0.2, 0.25) is 15.9 Å². The van der Waals surface area contributed by atoms with Gasteiger partial charge in [-0.3, -0.25) is 14.0 Å². The molecule has 1 aliphatic heterocycles. The number of nitrogens with one attached hydrogen (secondary N) is 1. The molecule has 6 nitrogen and oxygen atoms in total. The van der Waals surface area contributed by atoms with Crippen molar-refractivity contribution >= 4 is 33.2 Å². The predicted octanol–water partition coefficient (Wildman–Crippen LogP) is 4.11. The Hall–Kier alpha value is -2.09. The Balaban J connectivity index is 1.67. The Bertz CT molecular complexity index is 1050. The van der Waals surface area contributed by atoms with Gasteiger partial charge >= 0.3 is 0 Å². The summed E-state index contributed by atoms with van der Waals surface area (Å²) >= 11 is 6.19. The highest BCUT2D eigenvalue weighted by atomic mass is 35.5. The monoisotopic (exact) mass is 477 g/mol. The lowest BCUT2D eigenvalue weighted by Crippen LogP contribution is -2.47. The third-order valence-corrected chi connectivity index (χ3v) is 7.46. The number of aryl methyl sites for hydroxylation is 1. The molecule has 0 saturated carbocycles. The van der Waals surface area contributed by atoms with E-state index in [4.69, 9.17) is 11.6 Å². The molecule has 8 heteroatoms. The number of benzene rings is 2. The van der Waals surface area contributed by atoms with Crippen LogP contribution < -0.4 is 9.62 Å². The first kappa shape index (κ1) is 24.6. The van der Waals surface area contributed by atoms with E-state index >= 15 is 0 Å². The van der Waals surface area contributed by atoms with Crippen LogP contribution in [0.5, 0.6) is 0 Å². The fourth-order valence-corrected chi connectivity index (χ4v) is 5.42. The average Bonchev–Trinajstić information content (AvgIpc) is 2.74. The van der Waals surface area contributed by atoms with Crippen LogP contribution in [0.1, 0.15) is 42.9 Å². The number of piperidine rings is 1. The molecule has 3 rings (SSSR count). The van der Waals surface area contributed by atoms with E-state index in [2.05, 4.69) is 22.3 Å². The summed E-state index contributed by atoms with van der Waals surface area (Å²) in [6, 6.07) is 12.2. The van der Waals surface area contributed by atoms with Crippen LogP contribution in [0.15, 0.2) is 42.5 Å². The maximum Gasteiger partial charge on any atom is 0.243 e. The van der Waals surface area contributed by atoms with Gasteiger partial charge in [-0.15, -0.1) is 0 Å². The molecule has 2 aromatic carbocycles.